The molecule has 0 heterocycles. The number of benzene rings is 2. The molecule has 0 spiro atoms. The Labute approximate surface area is 194 Å². The Morgan fingerprint density at radius 3 is 1.91 bits per heavy atom. The minimum absolute atomic E-state index is 0.0845. The molecule has 0 atom stereocenters. The Kier molecular flexibility index (Phi) is 7.86. The van der Waals surface area contributed by atoms with Gasteiger partial charge in [0.25, 0.3) is 0 Å². The minimum atomic E-state index is -4.17. The molecule has 0 aliphatic carbocycles. The van der Waals surface area contributed by atoms with E-state index < -0.39 is 38.8 Å². The molecule has 0 unspecified atom stereocenters. The summed E-state index contributed by atoms with van der Waals surface area (Å²) in [6.45, 7) is 10.3. The molecular formula is C25H31FO6S. The summed E-state index contributed by atoms with van der Waals surface area (Å²) < 4.78 is 39.8. The van der Waals surface area contributed by atoms with E-state index in [0.717, 1.165) is 12.1 Å². The number of carboxylic acids is 1. The van der Waals surface area contributed by atoms with E-state index in [4.69, 9.17) is 0 Å². The smallest absolute Gasteiger partial charge is 0.335 e. The van der Waals surface area contributed by atoms with Crippen LogP contribution in [0.3, 0.4) is 0 Å². The molecule has 0 aliphatic rings. The second-order valence-corrected chi connectivity index (χ2v) is 11.4. The zero-order valence-electron chi connectivity index (χ0n) is 19.8. The van der Waals surface area contributed by atoms with Crippen molar-refractivity contribution in [3.8, 4) is 0 Å². The molecule has 2 N–H and O–H groups in total. The monoisotopic (exact) mass is 478 g/mol. The number of halogens is 1. The second-order valence-electron chi connectivity index (χ2n) is 9.46. The first-order chi connectivity index (χ1) is 15.0. The molecule has 0 aromatic heterocycles. The molecule has 33 heavy (non-hydrogen) atoms. The van der Waals surface area contributed by atoms with Crippen LogP contribution in [0.2, 0.25) is 0 Å². The summed E-state index contributed by atoms with van der Waals surface area (Å²) in [6, 6.07) is 6.11. The number of hydrogen-bond acceptors (Lipinski definition) is 5. The average molecular weight is 479 g/mol. The lowest BCUT2D eigenvalue weighted by Gasteiger charge is -2.21. The third-order valence-corrected chi connectivity index (χ3v) is 7.13. The van der Waals surface area contributed by atoms with E-state index in [9.17, 15) is 32.6 Å². The summed E-state index contributed by atoms with van der Waals surface area (Å²) in [5.74, 6) is -3.49. The van der Waals surface area contributed by atoms with Gasteiger partial charge in [0, 0.05) is 6.42 Å². The van der Waals surface area contributed by atoms with Crippen molar-refractivity contribution in [2.24, 2.45) is 0 Å². The number of carbonyl (C=O) groups is 2. The molecule has 0 fully saturated rings. The van der Waals surface area contributed by atoms with Crippen molar-refractivity contribution in [1.29, 1.82) is 0 Å². The van der Waals surface area contributed by atoms with Crippen molar-refractivity contribution in [1.82, 2.24) is 0 Å². The Bertz CT molecular complexity index is 1140. The molecule has 8 heteroatoms. The highest BCUT2D eigenvalue weighted by atomic mass is 32.2. The van der Waals surface area contributed by atoms with Gasteiger partial charge in [0.05, 0.1) is 16.1 Å². The third kappa shape index (κ3) is 6.48. The van der Waals surface area contributed by atoms with Gasteiger partial charge < -0.3 is 10.2 Å². The van der Waals surface area contributed by atoms with Crippen LogP contribution < -0.4 is 0 Å². The highest BCUT2D eigenvalue weighted by Crippen LogP contribution is 2.31. The summed E-state index contributed by atoms with van der Waals surface area (Å²) >= 11 is 0. The van der Waals surface area contributed by atoms with Crippen molar-refractivity contribution in [2.45, 2.75) is 70.3 Å². The first kappa shape index (κ1) is 26.7. The SMILES string of the molecule is CC(C)c1cc(C(=O)O)cc(C(C)C)c1CC(=O)CS(=O)(=O)c1cc(F)cc(C(C)(C)O)c1. The molecule has 0 amide bonds. The molecule has 2 rings (SSSR count). The average Bonchev–Trinajstić information content (AvgIpc) is 2.65. The van der Waals surface area contributed by atoms with Crippen LogP contribution in [0.5, 0.6) is 0 Å². The van der Waals surface area contributed by atoms with E-state index in [1.165, 1.54) is 32.0 Å². The Balaban J connectivity index is 2.45. The standard InChI is InChI=1S/C25H31FO6S/c1-14(2)21-7-16(24(28)29)8-22(15(3)4)23(21)12-19(27)13-33(31,32)20-10-17(25(5,6)30)9-18(26)11-20/h7-11,14-15,30H,12-13H2,1-6H3,(H,28,29). The molecule has 2 aromatic carbocycles. The van der Waals surface area contributed by atoms with Gasteiger partial charge in [-0.2, -0.15) is 0 Å². The lowest BCUT2D eigenvalue weighted by Crippen LogP contribution is -2.22. The molecule has 180 valence electrons. The van der Waals surface area contributed by atoms with Gasteiger partial charge in [-0.25, -0.2) is 17.6 Å². The van der Waals surface area contributed by atoms with Crippen molar-refractivity contribution < 1.29 is 32.6 Å². The Morgan fingerprint density at radius 2 is 1.48 bits per heavy atom. The van der Waals surface area contributed by atoms with Gasteiger partial charge in [0.15, 0.2) is 15.6 Å². The fourth-order valence-electron chi connectivity index (χ4n) is 3.71. The lowest BCUT2D eigenvalue weighted by molar-refractivity contribution is -0.116. The summed E-state index contributed by atoms with van der Waals surface area (Å²) in [5.41, 5.74) is 0.730. The van der Waals surface area contributed by atoms with Gasteiger partial charge in [-0.3, -0.25) is 4.79 Å². The number of sulfone groups is 1. The highest BCUT2D eigenvalue weighted by Gasteiger charge is 2.26. The van der Waals surface area contributed by atoms with Crippen molar-refractivity contribution in [3.63, 3.8) is 0 Å². The summed E-state index contributed by atoms with van der Waals surface area (Å²) in [4.78, 5) is 24.1. The fourth-order valence-corrected chi connectivity index (χ4v) is 5.01. The first-order valence-corrected chi connectivity index (χ1v) is 12.4. The number of aliphatic hydroxyl groups is 1. The van der Waals surface area contributed by atoms with Gasteiger partial charge in [0.2, 0.25) is 0 Å². The van der Waals surface area contributed by atoms with Crippen molar-refractivity contribution >= 4 is 21.6 Å². The maximum absolute atomic E-state index is 14.1. The van der Waals surface area contributed by atoms with Gasteiger partial charge in [-0.05, 0) is 78.3 Å². The second kappa shape index (κ2) is 9.73. The minimum Gasteiger partial charge on any atom is -0.478 e. The normalized spacial score (nSPS) is 12.4. The zero-order valence-corrected chi connectivity index (χ0v) is 20.6. The topological polar surface area (TPSA) is 109 Å². The van der Waals surface area contributed by atoms with Crippen LogP contribution in [0.4, 0.5) is 4.39 Å². The van der Waals surface area contributed by atoms with Gasteiger partial charge in [-0.15, -0.1) is 0 Å². The predicted octanol–water partition coefficient (Wildman–Crippen LogP) is 4.58. The molecule has 0 bridgehead atoms. The van der Waals surface area contributed by atoms with Crippen LogP contribution in [0.15, 0.2) is 35.2 Å². The molecule has 2 aromatic rings. The van der Waals surface area contributed by atoms with Crippen LogP contribution in [0.1, 0.15) is 86.0 Å². The van der Waals surface area contributed by atoms with Crippen LogP contribution >= 0.6 is 0 Å². The van der Waals surface area contributed by atoms with E-state index in [1.807, 2.05) is 27.7 Å². The molecular weight excluding hydrogens is 447 g/mol. The van der Waals surface area contributed by atoms with Crippen LogP contribution in [0, 0.1) is 5.82 Å². The van der Waals surface area contributed by atoms with Gasteiger partial charge >= 0.3 is 5.97 Å². The summed E-state index contributed by atoms with van der Waals surface area (Å²) in [7, 11) is -4.17. The predicted molar refractivity (Wildman–Crippen MR) is 124 cm³/mol. The maximum Gasteiger partial charge on any atom is 0.335 e. The number of carboxylic acid groups (broad SMARTS) is 1. The number of aromatic carboxylic acids is 1. The maximum atomic E-state index is 14.1. The molecule has 0 aliphatic heterocycles. The third-order valence-electron chi connectivity index (χ3n) is 5.47. The van der Waals surface area contributed by atoms with E-state index >= 15 is 0 Å². The van der Waals surface area contributed by atoms with E-state index in [0.29, 0.717) is 16.7 Å². The molecule has 0 saturated heterocycles. The van der Waals surface area contributed by atoms with Crippen LogP contribution in [-0.4, -0.2) is 36.1 Å². The van der Waals surface area contributed by atoms with E-state index in [2.05, 4.69) is 0 Å². The number of rotatable bonds is 9. The highest BCUT2D eigenvalue weighted by molar-refractivity contribution is 7.92. The molecule has 0 saturated carbocycles. The Hall–Kier alpha value is -2.58. The largest absolute Gasteiger partial charge is 0.478 e. The summed E-state index contributed by atoms with van der Waals surface area (Å²) in [5, 5.41) is 19.6. The van der Waals surface area contributed by atoms with Crippen LogP contribution in [0.25, 0.3) is 0 Å². The van der Waals surface area contributed by atoms with Crippen molar-refractivity contribution in [3.05, 3.63) is 64.0 Å². The zero-order chi connectivity index (χ0) is 25.3. The number of ketones is 1. The van der Waals surface area contributed by atoms with Gasteiger partial charge in [-0.1, -0.05) is 27.7 Å². The van der Waals surface area contributed by atoms with Gasteiger partial charge in [0.1, 0.15) is 11.6 Å². The summed E-state index contributed by atoms with van der Waals surface area (Å²) in [6.07, 6.45) is -0.187. The van der Waals surface area contributed by atoms with E-state index in [-0.39, 0.29) is 34.3 Å². The van der Waals surface area contributed by atoms with E-state index in [1.54, 1.807) is 0 Å². The van der Waals surface area contributed by atoms with Crippen molar-refractivity contribution in [2.75, 3.05) is 5.75 Å². The number of Topliss-reactive ketones (excluding diaryl/α,β-unsaturated/α-hetero) is 1. The quantitative estimate of drug-likeness (QED) is 0.546. The number of carbonyl (C=O) groups excluding carboxylic acids is 1. The molecule has 0 radical (unpaired) electrons. The fraction of sp³-hybridized carbons (Fsp3) is 0.440. The molecule has 6 nitrogen and oxygen atoms in total. The van der Waals surface area contributed by atoms with Crippen LogP contribution in [-0.2, 0) is 26.7 Å². The lowest BCUT2D eigenvalue weighted by atomic mass is 9.84. The Morgan fingerprint density at radius 1 is 0.970 bits per heavy atom. The number of hydrogen-bond donors (Lipinski definition) is 2. The first-order valence-electron chi connectivity index (χ1n) is 10.7.